The fourth-order valence-corrected chi connectivity index (χ4v) is 6.12. The van der Waals surface area contributed by atoms with Crippen LogP contribution in [-0.4, -0.2) is 4.57 Å². The quantitative estimate of drug-likeness (QED) is 0.254. The van der Waals surface area contributed by atoms with E-state index in [0.29, 0.717) is 5.56 Å². The van der Waals surface area contributed by atoms with Gasteiger partial charge in [0.15, 0.2) is 0 Å². The number of nitriles is 1. The van der Waals surface area contributed by atoms with E-state index in [-0.39, 0.29) is 5.41 Å². The normalized spacial score (nSPS) is 13.5. The van der Waals surface area contributed by atoms with Gasteiger partial charge >= 0.3 is 0 Å². The first-order valence-electron chi connectivity index (χ1n) is 12.4. The number of fused-ring (bicyclic) bond motifs is 7. The Morgan fingerprint density at radius 1 is 0.639 bits per heavy atom. The lowest BCUT2D eigenvalue weighted by molar-refractivity contribution is 0.664. The van der Waals surface area contributed by atoms with E-state index in [1.807, 2.05) is 24.3 Å². The third kappa shape index (κ3) is 2.78. The minimum Gasteiger partial charge on any atom is -0.309 e. The van der Waals surface area contributed by atoms with Gasteiger partial charge in [0.2, 0.25) is 0 Å². The Labute approximate surface area is 210 Å². The van der Waals surface area contributed by atoms with Gasteiger partial charge in [-0.3, -0.25) is 0 Å². The zero-order chi connectivity index (χ0) is 24.4. The van der Waals surface area contributed by atoms with E-state index in [1.54, 1.807) is 0 Å². The Kier molecular flexibility index (Phi) is 4.29. The first-order valence-corrected chi connectivity index (χ1v) is 12.4. The predicted octanol–water partition coefficient (Wildman–Crippen LogP) is 8.63. The fraction of sp³-hybridized carbons (Fsp3) is 0.0882. The lowest BCUT2D eigenvalue weighted by Crippen LogP contribution is -2.16. The molecule has 0 fully saturated rings. The Balaban J connectivity index is 1.50. The molecular formula is C34H24N2. The summed E-state index contributed by atoms with van der Waals surface area (Å²) in [6, 6.07) is 40.9. The lowest BCUT2D eigenvalue weighted by atomic mass is 9.81. The van der Waals surface area contributed by atoms with Crippen LogP contribution in [0.2, 0.25) is 0 Å². The van der Waals surface area contributed by atoms with Gasteiger partial charge in [0.1, 0.15) is 0 Å². The summed E-state index contributed by atoms with van der Waals surface area (Å²) < 4.78 is 2.44. The lowest BCUT2D eigenvalue weighted by Gasteiger charge is -2.23. The van der Waals surface area contributed by atoms with Gasteiger partial charge in [-0.2, -0.15) is 5.26 Å². The number of nitrogens with zero attached hydrogens (tertiary/aromatic N) is 2. The number of hydrogen-bond acceptors (Lipinski definition) is 1. The van der Waals surface area contributed by atoms with Crippen molar-refractivity contribution in [3.8, 4) is 34.0 Å². The summed E-state index contributed by atoms with van der Waals surface area (Å²) in [5.41, 5.74) is 12.0. The highest BCUT2D eigenvalue weighted by Crippen LogP contribution is 2.52. The topological polar surface area (TPSA) is 28.7 Å². The number of rotatable bonds is 2. The number of aromatic nitrogens is 1. The van der Waals surface area contributed by atoms with Crippen LogP contribution in [0.5, 0.6) is 0 Å². The van der Waals surface area contributed by atoms with Gasteiger partial charge in [-0.1, -0.05) is 92.7 Å². The van der Waals surface area contributed by atoms with Crippen molar-refractivity contribution in [3.05, 3.63) is 126 Å². The summed E-state index contributed by atoms with van der Waals surface area (Å²) in [6.07, 6.45) is 0. The summed E-state index contributed by atoms with van der Waals surface area (Å²) in [4.78, 5) is 0. The molecule has 1 aromatic heterocycles. The fourth-order valence-electron chi connectivity index (χ4n) is 6.12. The van der Waals surface area contributed by atoms with Gasteiger partial charge in [0.25, 0.3) is 0 Å². The molecule has 170 valence electrons. The second kappa shape index (κ2) is 7.44. The van der Waals surface area contributed by atoms with E-state index in [9.17, 15) is 0 Å². The second-order valence-electron chi connectivity index (χ2n) is 10.1. The average molecular weight is 461 g/mol. The van der Waals surface area contributed by atoms with Crippen molar-refractivity contribution < 1.29 is 0 Å². The molecule has 6 aromatic rings. The van der Waals surface area contributed by atoms with Crippen LogP contribution in [0.3, 0.4) is 0 Å². The maximum atomic E-state index is 9.12. The Bertz CT molecular complexity index is 1840. The molecular weight excluding hydrogens is 436 g/mol. The van der Waals surface area contributed by atoms with E-state index in [0.717, 1.165) is 16.8 Å². The maximum absolute atomic E-state index is 9.12. The molecule has 0 unspecified atom stereocenters. The molecule has 36 heavy (non-hydrogen) atoms. The van der Waals surface area contributed by atoms with Gasteiger partial charge in [-0.05, 0) is 63.7 Å². The van der Waals surface area contributed by atoms with Gasteiger partial charge in [0.05, 0.1) is 22.7 Å². The maximum Gasteiger partial charge on any atom is 0.0991 e. The molecule has 0 aliphatic heterocycles. The molecule has 2 heteroatoms. The highest BCUT2D eigenvalue weighted by atomic mass is 15.0. The summed E-state index contributed by atoms with van der Waals surface area (Å²) in [5, 5.41) is 11.7. The number of hydrogen-bond donors (Lipinski definition) is 0. The van der Waals surface area contributed by atoms with Gasteiger partial charge in [-0.25, -0.2) is 0 Å². The Hall–Kier alpha value is -4.61. The smallest absolute Gasteiger partial charge is 0.0991 e. The van der Waals surface area contributed by atoms with E-state index in [4.69, 9.17) is 5.26 Å². The molecule has 0 saturated carbocycles. The van der Waals surface area contributed by atoms with Crippen molar-refractivity contribution in [1.82, 2.24) is 4.57 Å². The molecule has 1 heterocycles. The summed E-state index contributed by atoms with van der Waals surface area (Å²) in [7, 11) is 0. The summed E-state index contributed by atoms with van der Waals surface area (Å²) in [6.45, 7) is 4.71. The molecule has 0 bridgehead atoms. The zero-order valence-corrected chi connectivity index (χ0v) is 20.3. The first-order chi connectivity index (χ1) is 17.6. The van der Waals surface area contributed by atoms with Crippen molar-refractivity contribution in [2.75, 3.05) is 0 Å². The third-order valence-corrected chi connectivity index (χ3v) is 7.83. The van der Waals surface area contributed by atoms with Crippen LogP contribution in [0.1, 0.15) is 30.5 Å². The number of para-hydroxylation sites is 1. The van der Waals surface area contributed by atoms with Crippen LogP contribution in [0.25, 0.3) is 49.7 Å². The standard InChI is InChI=1S/C34H24N2/c1-34(2)30-9-5-3-7-26(30)28-19-20-29-27-8-4-6-10-31(27)36(33(29)32(28)34)25-17-15-24(16-18-25)23-13-11-22(21-35)12-14-23/h3-20H,1-2H3. The molecule has 1 aliphatic carbocycles. The minimum atomic E-state index is -0.0972. The SMILES string of the molecule is CC1(C)c2ccccc2-c2ccc3c4ccccc4n(-c4ccc(-c5ccc(C#N)cc5)cc4)c3c21. The van der Waals surface area contributed by atoms with Crippen molar-refractivity contribution >= 4 is 21.8 Å². The van der Waals surface area contributed by atoms with Crippen molar-refractivity contribution in [2.24, 2.45) is 0 Å². The molecule has 0 amide bonds. The monoisotopic (exact) mass is 460 g/mol. The Morgan fingerprint density at radius 2 is 1.31 bits per heavy atom. The van der Waals surface area contributed by atoms with E-state index in [2.05, 4.69) is 109 Å². The van der Waals surface area contributed by atoms with Crippen molar-refractivity contribution in [1.29, 1.82) is 5.26 Å². The van der Waals surface area contributed by atoms with E-state index >= 15 is 0 Å². The van der Waals surface area contributed by atoms with Crippen LogP contribution in [0.15, 0.2) is 109 Å². The first kappa shape index (κ1) is 20.7. The third-order valence-electron chi connectivity index (χ3n) is 7.83. The number of benzene rings is 5. The molecule has 0 radical (unpaired) electrons. The highest BCUT2D eigenvalue weighted by molar-refractivity contribution is 6.13. The van der Waals surface area contributed by atoms with Crippen LogP contribution < -0.4 is 0 Å². The van der Waals surface area contributed by atoms with Crippen LogP contribution in [0, 0.1) is 11.3 Å². The van der Waals surface area contributed by atoms with Crippen LogP contribution >= 0.6 is 0 Å². The van der Waals surface area contributed by atoms with E-state index < -0.39 is 0 Å². The summed E-state index contributed by atoms with van der Waals surface area (Å²) in [5.74, 6) is 0. The molecule has 5 aromatic carbocycles. The zero-order valence-electron chi connectivity index (χ0n) is 20.3. The summed E-state index contributed by atoms with van der Waals surface area (Å²) >= 11 is 0. The molecule has 1 aliphatic rings. The van der Waals surface area contributed by atoms with E-state index in [1.165, 1.54) is 44.1 Å². The molecule has 2 nitrogen and oxygen atoms in total. The van der Waals surface area contributed by atoms with Gasteiger partial charge in [0, 0.05) is 21.9 Å². The molecule has 0 saturated heterocycles. The van der Waals surface area contributed by atoms with Gasteiger partial charge in [-0.15, -0.1) is 0 Å². The largest absolute Gasteiger partial charge is 0.309 e. The van der Waals surface area contributed by atoms with Gasteiger partial charge < -0.3 is 4.57 Å². The minimum absolute atomic E-state index is 0.0972. The average Bonchev–Trinajstić information content (AvgIpc) is 3.38. The second-order valence-corrected chi connectivity index (χ2v) is 10.1. The molecule has 0 atom stereocenters. The van der Waals surface area contributed by atoms with Crippen LogP contribution in [0.4, 0.5) is 0 Å². The predicted molar refractivity (Wildman–Crippen MR) is 148 cm³/mol. The highest BCUT2D eigenvalue weighted by Gasteiger charge is 2.38. The van der Waals surface area contributed by atoms with Crippen molar-refractivity contribution in [2.45, 2.75) is 19.3 Å². The van der Waals surface area contributed by atoms with Crippen LogP contribution in [-0.2, 0) is 5.41 Å². The van der Waals surface area contributed by atoms with Crippen molar-refractivity contribution in [3.63, 3.8) is 0 Å². The molecule has 0 spiro atoms. The molecule has 7 rings (SSSR count). The molecule has 0 N–H and O–H groups in total. The Morgan fingerprint density at radius 3 is 2.06 bits per heavy atom.